The Kier molecular flexibility index (Phi) is 5.32. The van der Waals surface area contributed by atoms with Gasteiger partial charge in [-0.1, -0.05) is 0 Å². The zero-order valence-corrected chi connectivity index (χ0v) is 14.4. The highest BCUT2D eigenvalue weighted by molar-refractivity contribution is 8.00. The van der Waals surface area contributed by atoms with Crippen LogP contribution in [0.2, 0.25) is 0 Å². The lowest BCUT2D eigenvalue weighted by molar-refractivity contribution is 0.376. The van der Waals surface area contributed by atoms with E-state index < -0.39 is 0 Å². The summed E-state index contributed by atoms with van der Waals surface area (Å²) >= 11 is 3.82. The van der Waals surface area contributed by atoms with Crippen molar-refractivity contribution >= 4 is 29.1 Å². The standard InChI is InChI=1S/C14H24N4S2/c1-11-9-17-12(20-11)5-6-16-13(15-4)18-7-8-19-14(2,3)10-18/h9H,5-8,10H2,1-4H3,(H,15,16). The van der Waals surface area contributed by atoms with Crippen molar-refractivity contribution in [3.05, 3.63) is 16.1 Å². The SMILES string of the molecule is CN=C(NCCc1ncc(C)s1)N1CCSC(C)(C)C1. The van der Waals surface area contributed by atoms with Crippen LogP contribution in [0, 0.1) is 6.92 Å². The van der Waals surface area contributed by atoms with Gasteiger partial charge in [0, 0.05) is 54.7 Å². The van der Waals surface area contributed by atoms with Gasteiger partial charge in [-0.2, -0.15) is 11.8 Å². The van der Waals surface area contributed by atoms with Crippen molar-refractivity contribution in [3.8, 4) is 0 Å². The van der Waals surface area contributed by atoms with Crippen LogP contribution in [0.3, 0.4) is 0 Å². The maximum absolute atomic E-state index is 4.42. The summed E-state index contributed by atoms with van der Waals surface area (Å²) in [6.45, 7) is 9.72. The zero-order chi connectivity index (χ0) is 14.6. The Morgan fingerprint density at radius 1 is 1.55 bits per heavy atom. The van der Waals surface area contributed by atoms with Crippen molar-refractivity contribution < 1.29 is 0 Å². The molecule has 1 aromatic rings. The van der Waals surface area contributed by atoms with E-state index in [9.17, 15) is 0 Å². The van der Waals surface area contributed by atoms with Crippen LogP contribution in [0.1, 0.15) is 23.7 Å². The number of thiazole rings is 1. The van der Waals surface area contributed by atoms with Gasteiger partial charge in [0.2, 0.25) is 0 Å². The molecule has 0 radical (unpaired) electrons. The molecule has 0 bridgehead atoms. The van der Waals surface area contributed by atoms with Crippen molar-refractivity contribution in [2.75, 3.05) is 32.4 Å². The molecule has 1 fully saturated rings. The van der Waals surface area contributed by atoms with Gasteiger partial charge in [-0.05, 0) is 20.8 Å². The highest BCUT2D eigenvalue weighted by atomic mass is 32.2. The highest BCUT2D eigenvalue weighted by Crippen LogP contribution is 2.29. The summed E-state index contributed by atoms with van der Waals surface area (Å²) in [7, 11) is 1.87. The van der Waals surface area contributed by atoms with Gasteiger partial charge in [-0.15, -0.1) is 11.3 Å². The van der Waals surface area contributed by atoms with E-state index >= 15 is 0 Å². The second-order valence-corrected chi connectivity index (χ2v) is 8.74. The molecule has 6 heteroatoms. The number of aromatic nitrogens is 1. The van der Waals surface area contributed by atoms with E-state index in [0.717, 1.165) is 32.0 Å². The topological polar surface area (TPSA) is 40.5 Å². The molecule has 0 aliphatic carbocycles. The van der Waals surface area contributed by atoms with Gasteiger partial charge in [0.15, 0.2) is 5.96 Å². The minimum Gasteiger partial charge on any atom is -0.356 e. The fourth-order valence-electron chi connectivity index (χ4n) is 2.33. The normalized spacial score (nSPS) is 19.2. The lowest BCUT2D eigenvalue weighted by Crippen LogP contribution is -2.51. The second kappa shape index (κ2) is 6.80. The van der Waals surface area contributed by atoms with Gasteiger partial charge >= 0.3 is 0 Å². The molecule has 112 valence electrons. The third kappa shape index (κ3) is 4.38. The largest absolute Gasteiger partial charge is 0.356 e. The van der Waals surface area contributed by atoms with Crippen LogP contribution in [-0.2, 0) is 6.42 Å². The van der Waals surface area contributed by atoms with Crippen LogP contribution in [0.5, 0.6) is 0 Å². The Morgan fingerprint density at radius 3 is 2.95 bits per heavy atom. The maximum atomic E-state index is 4.42. The molecule has 0 amide bonds. The number of aryl methyl sites for hydroxylation is 1. The van der Waals surface area contributed by atoms with E-state index in [2.05, 4.69) is 41.0 Å². The molecule has 20 heavy (non-hydrogen) atoms. The molecule has 4 nitrogen and oxygen atoms in total. The van der Waals surface area contributed by atoms with Crippen LogP contribution in [-0.4, -0.2) is 53.0 Å². The molecule has 0 unspecified atom stereocenters. The summed E-state index contributed by atoms with van der Waals surface area (Å²) < 4.78 is 0.308. The maximum Gasteiger partial charge on any atom is 0.193 e. The van der Waals surface area contributed by atoms with Crippen molar-refractivity contribution in [2.24, 2.45) is 4.99 Å². The van der Waals surface area contributed by atoms with Gasteiger partial charge in [0.1, 0.15) is 0 Å². The summed E-state index contributed by atoms with van der Waals surface area (Å²) in [5, 5.41) is 4.66. The number of nitrogens with zero attached hydrogens (tertiary/aromatic N) is 3. The van der Waals surface area contributed by atoms with E-state index in [1.807, 2.05) is 25.0 Å². The minimum atomic E-state index is 0.308. The Labute approximate surface area is 130 Å². The number of rotatable bonds is 3. The first-order valence-corrected chi connectivity index (χ1v) is 8.81. The molecule has 1 aliphatic heterocycles. The van der Waals surface area contributed by atoms with Crippen molar-refractivity contribution in [1.82, 2.24) is 15.2 Å². The van der Waals surface area contributed by atoms with E-state index in [-0.39, 0.29) is 0 Å². The number of guanidine groups is 1. The third-order valence-electron chi connectivity index (χ3n) is 3.23. The average Bonchev–Trinajstić information content (AvgIpc) is 2.79. The first-order valence-electron chi connectivity index (χ1n) is 7.01. The van der Waals surface area contributed by atoms with Crippen LogP contribution in [0.15, 0.2) is 11.2 Å². The Balaban J connectivity index is 1.83. The fraction of sp³-hybridized carbons (Fsp3) is 0.714. The second-order valence-electron chi connectivity index (χ2n) is 5.62. The van der Waals surface area contributed by atoms with Crippen LogP contribution in [0.4, 0.5) is 0 Å². The molecule has 0 atom stereocenters. The quantitative estimate of drug-likeness (QED) is 0.687. The monoisotopic (exact) mass is 312 g/mol. The predicted molar refractivity (Wildman–Crippen MR) is 90.0 cm³/mol. The molecule has 1 aliphatic rings. The molecular weight excluding hydrogens is 288 g/mol. The number of hydrogen-bond donors (Lipinski definition) is 1. The molecular formula is C14H24N4S2. The van der Waals surface area contributed by atoms with Crippen molar-refractivity contribution in [3.63, 3.8) is 0 Å². The van der Waals surface area contributed by atoms with E-state index in [4.69, 9.17) is 0 Å². The molecule has 0 spiro atoms. The smallest absolute Gasteiger partial charge is 0.193 e. The molecule has 1 saturated heterocycles. The summed E-state index contributed by atoms with van der Waals surface area (Å²) in [6, 6.07) is 0. The van der Waals surface area contributed by atoms with E-state index in [1.54, 1.807) is 11.3 Å². The molecule has 0 aromatic carbocycles. The van der Waals surface area contributed by atoms with Crippen molar-refractivity contribution in [1.29, 1.82) is 0 Å². The van der Waals surface area contributed by atoms with Gasteiger partial charge in [0.25, 0.3) is 0 Å². The van der Waals surface area contributed by atoms with Gasteiger partial charge in [0.05, 0.1) is 5.01 Å². The zero-order valence-electron chi connectivity index (χ0n) is 12.8. The Morgan fingerprint density at radius 2 is 2.35 bits per heavy atom. The first kappa shape index (κ1) is 15.6. The lowest BCUT2D eigenvalue weighted by atomic mass is 10.2. The van der Waals surface area contributed by atoms with Crippen molar-refractivity contribution in [2.45, 2.75) is 31.9 Å². The van der Waals surface area contributed by atoms with Crippen LogP contribution < -0.4 is 5.32 Å². The van der Waals surface area contributed by atoms with E-state index in [1.165, 1.54) is 15.6 Å². The van der Waals surface area contributed by atoms with Gasteiger partial charge < -0.3 is 10.2 Å². The molecule has 2 heterocycles. The third-order valence-corrected chi connectivity index (χ3v) is 5.50. The Bertz CT molecular complexity index is 467. The van der Waals surface area contributed by atoms with Crippen LogP contribution in [0.25, 0.3) is 0 Å². The molecule has 1 N–H and O–H groups in total. The number of thioether (sulfide) groups is 1. The summed E-state index contributed by atoms with van der Waals surface area (Å²) in [5.41, 5.74) is 0. The van der Waals surface area contributed by atoms with Gasteiger partial charge in [-0.25, -0.2) is 4.98 Å². The van der Waals surface area contributed by atoms with E-state index in [0.29, 0.717) is 4.75 Å². The number of nitrogens with one attached hydrogen (secondary N) is 1. The molecule has 1 aromatic heterocycles. The summed E-state index contributed by atoms with van der Waals surface area (Å²) in [4.78, 5) is 12.5. The molecule has 0 saturated carbocycles. The summed E-state index contributed by atoms with van der Waals surface area (Å²) in [5.74, 6) is 2.19. The van der Waals surface area contributed by atoms with Gasteiger partial charge in [-0.3, -0.25) is 4.99 Å². The minimum absolute atomic E-state index is 0.308. The summed E-state index contributed by atoms with van der Waals surface area (Å²) in [6.07, 6.45) is 2.91. The Hall–Kier alpha value is -0.750. The predicted octanol–water partition coefficient (Wildman–Crippen LogP) is 2.40. The average molecular weight is 313 g/mol. The molecule has 2 rings (SSSR count). The number of hydrogen-bond acceptors (Lipinski definition) is 4. The fourth-order valence-corrected chi connectivity index (χ4v) is 4.23. The number of aliphatic imine (C=N–C) groups is 1. The highest BCUT2D eigenvalue weighted by Gasteiger charge is 2.28. The first-order chi connectivity index (χ1) is 9.50. The van der Waals surface area contributed by atoms with Crippen LogP contribution >= 0.6 is 23.1 Å². The lowest BCUT2D eigenvalue weighted by Gasteiger charge is -2.39.